The SMILES string of the molecule is Nc1ccccc1C(=O)CC(N)C(=O)NCCCCNC(=O)CCCCC1SCC2NC(=O)NC21. The minimum atomic E-state index is -0.934. The number of para-hydroxylation sites is 1. The molecule has 0 aliphatic carbocycles. The lowest BCUT2D eigenvalue weighted by atomic mass is 10.0. The van der Waals surface area contributed by atoms with E-state index in [2.05, 4.69) is 21.3 Å². The minimum absolute atomic E-state index is 0.0301. The Bertz CT molecular complexity index is 914. The largest absolute Gasteiger partial charge is 0.398 e. The molecule has 4 atom stereocenters. The molecular weight excluding hydrogens is 468 g/mol. The zero-order valence-electron chi connectivity index (χ0n) is 19.9. The quantitative estimate of drug-likeness (QED) is 0.0947. The van der Waals surface area contributed by atoms with E-state index in [1.54, 1.807) is 24.3 Å². The van der Waals surface area contributed by atoms with Gasteiger partial charge in [0.25, 0.3) is 0 Å². The van der Waals surface area contributed by atoms with Crippen LogP contribution in [0.3, 0.4) is 0 Å². The van der Waals surface area contributed by atoms with Gasteiger partial charge in [-0.05, 0) is 37.8 Å². The highest BCUT2D eigenvalue weighted by Crippen LogP contribution is 2.33. The number of unbranched alkanes of at least 4 members (excludes halogenated alkanes) is 2. The molecule has 4 amide bonds. The van der Waals surface area contributed by atoms with Crippen molar-refractivity contribution in [2.24, 2.45) is 5.73 Å². The molecule has 2 aliphatic heterocycles. The summed E-state index contributed by atoms with van der Waals surface area (Å²) in [7, 11) is 0. The third kappa shape index (κ3) is 8.14. The molecule has 192 valence electrons. The van der Waals surface area contributed by atoms with E-state index in [0.29, 0.717) is 42.4 Å². The average molecular weight is 505 g/mol. The van der Waals surface area contributed by atoms with Crippen molar-refractivity contribution in [3.63, 3.8) is 0 Å². The van der Waals surface area contributed by atoms with Gasteiger partial charge in [0.1, 0.15) is 0 Å². The van der Waals surface area contributed by atoms with E-state index in [9.17, 15) is 19.2 Å². The number of fused-ring (bicyclic) bond motifs is 1. The third-order valence-corrected chi connectivity index (χ3v) is 7.82. The lowest BCUT2D eigenvalue weighted by Gasteiger charge is -2.16. The zero-order chi connectivity index (χ0) is 25.2. The molecule has 2 aliphatic rings. The molecule has 11 heteroatoms. The fourth-order valence-corrected chi connectivity index (χ4v) is 5.88. The fourth-order valence-electron chi connectivity index (χ4n) is 4.34. The molecule has 0 spiro atoms. The van der Waals surface area contributed by atoms with E-state index in [4.69, 9.17) is 11.5 Å². The Morgan fingerprint density at radius 1 is 1.06 bits per heavy atom. The van der Waals surface area contributed by atoms with Crippen LogP contribution in [0.5, 0.6) is 0 Å². The van der Waals surface area contributed by atoms with Gasteiger partial charge < -0.3 is 32.7 Å². The van der Waals surface area contributed by atoms with Crippen LogP contribution in [0.1, 0.15) is 55.3 Å². The Hall–Kier alpha value is -2.79. The van der Waals surface area contributed by atoms with Crippen molar-refractivity contribution >= 4 is 41.1 Å². The molecule has 0 saturated carbocycles. The van der Waals surface area contributed by atoms with Crippen molar-refractivity contribution in [1.82, 2.24) is 21.3 Å². The molecule has 2 saturated heterocycles. The topological polar surface area (TPSA) is 168 Å². The number of carbonyl (C=O) groups excluding carboxylic acids is 4. The van der Waals surface area contributed by atoms with Crippen LogP contribution in [0.2, 0.25) is 0 Å². The fraction of sp³-hybridized carbons (Fsp3) is 0.583. The summed E-state index contributed by atoms with van der Waals surface area (Å²) in [6.07, 6.45) is 4.57. The number of amides is 4. The van der Waals surface area contributed by atoms with Crippen LogP contribution in [0, 0.1) is 0 Å². The number of hydrogen-bond acceptors (Lipinski definition) is 7. The van der Waals surface area contributed by atoms with Crippen LogP contribution < -0.4 is 32.7 Å². The molecule has 1 aromatic rings. The first-order valence-corrected chi connectivity index (χ1v) is 13.3. The number of nitrogens with one attached hydrogen (secondary N) is 4. The van der Waals surface area contributed by atoms with E-state index < -0.39 is 6.04 Å². The van der Waals surface area contributed by atoms with Crippen LogP contribution >= 0.6 is 11.8 Å². The van der Waals surface area contributed by atoms with Crippen molar-refractivity contribution in [3.05, 3.63) is 29.8 Å². The predicted molar refractivity (Wildman–Crippen MR) is 137 cm³/mol. The van der Waals surface area contributed by atoms with Crippen LogP contribution in [-0.2, 0) is 9.59 Å². The second kappa shape index (κ2) is 13.3. The smallest absolute Gasteiger partial charge is 0.315 e. The number of anilines is 1. The summed E-state index contributed by atoms with van der Waals surface area (Å²) < 4.78 is 0. The standard InChI is InChI=1S/C24H36N6O4S/c25-16-8-2-1-7-15(16)19(31)13-17(26)23(33)28-12-6-5-11-27-21(32)10-4-3-9-20-22-18(14-35-20)29-24(34)30-22/h1-2,7-8,17-18,20,22H,3-6,9-14,25-26H2,(H,27,32)(H,28,33)(H2,29,30,34). The molecule has 0 bridgehead atoms. The molecule has 3 rings (SSSR count). The number of thioether (sulfide) groups is 1. The Morgan fingerprint density at radius 3 is 2.57 bits per heavy atom. The number of ketones is 1. The minimum Gasteiger partial charge on any atom is -0.398 e. The monoisotopic (exact) mass is 504 g/mol. The van der Waals surface area contributed by atoms with Gasteiger partial charge in [0.05, 0.1) is 18.1 Å². The molecule has 1 aromatic carbocycles. The maximum Gasteiger partial charge on any atom is 0.315 e. The van der Waals surface area contributed by atoms with E-state index in [-0.39, 0.29) is 42.1 Å². The molecular formula is C24H36N6O4S. The number of Topliss-reactive ketones (excluding diaryl/α,β-unsaturated/α-hetero) is 1. The summed E-state index contributed by atoms with van der Waals surface area (Å²) in [4.78, 5) is 47.9. The molecule has 4 unspecified atom stereocenters. The lowest BCUT2D eigenvalue weighted by Crippen LogP contribution is -2.42. The number of carbonyl (C=O) groups is 4. The second-order valence-corrected chi connectivity index (χ2v) is 10.3. The Morgan fingerprint density at radius 2 is 1.80 bits per heavy atom. The van der Waals surface area contributed by atoms with Crippen molar-refractivity contribution in [3.8, 4) is 0 Å². The highest BCUT2D eigenvalue weighted by atomic mass is 32.2. The molecule has 10 nitrogen and oxygen atoms in total. The van der Waals surface area contributed by atoms with Crippen molar-refractivity contribution < 1.29 is 19.2 Å². The van der Waals surface area contributed by atoms with Gasteiger partial charge in [-0.2, -0.15) is 11.8 Å². The van der Waals surface area contributed by atoms with Gasteiger partial charge in [-0.3, -0.25) is 14.4 Å². The molecule has 8 N–H and O–H groups in total. The van der Waals surface area contributed by atoms with Gasteiger partial charge in [0.2, 0.25) is 11.8 Å². The van der Waals surface area contributed by atoms with Crippen molar-refractivity contribution in [1.29, 1.82) is 0 Å². The lowest BCUT2D eigenvalue weighted by molar-refractivity contribution is -0.122. The van der Waals surface area contributed by atoms with E-state index in [0.717, 1.165) is 31.4 Å². The molecule has 2 fully saturated rings. The first-order chi connectivity index (χ1) is 16.8. The Labute approximate surface area is 210 Å². The predicted octanol–water partition coefficient (Wildman–Crippen LogP) is 0.907. The second-order valence-electron chi connectivity index (χ2n) is 9.04. The van der Waals surface area contributed by atoms with Crippen molar-refractivity contribution in [2.75, 3.05) is 24.6 Å². The molecule has 2 heterocycles. The summed E-state index contributed by atoms with van der Waals surface area (Å²) in [5.74, 6) is 0.336. The highest BCUT2D eigenvalue weighted by molar-refractivity contribution is 8.00. The van der Waals surface area contributed by atoms with Gasteiger partial charge in [-0.25, -0.2) is 4.79 Å². The summed E-state index contributed by atoms with van der Waals surface area (Å²) in [6.45, 7) is 0.975. The van der Waals surface area contributed by atoms with Gasteiger partial charge in [-0.1, -0.05) is 18.6 Å². The summed E-state index contributed by atoms with van der Waals surface area (Å²) in [6, 6.07) is 6.14. The number of hydrogen-bond donors (Lipinski definition) is 6. The van der Waals surface area contributed by atoms with Crippen LogP contribution in [0.15, 0.2) is 24.3 Å². The van der Waals surface area contributed by atoms with Gasteiger partial charge in [0.15, 0.2) is 5.78 Å². The summed E-state index contributed by atoms with van der Waals surface area (Å²) in [5.41, 5.74) is 12.4. The maximum absolute atomic E-state index is 12.3. The normalized spacial score (nSPS) is 21.5. The number of urea groups is 1. The average Bonchev–Trinajstić information content (AvgIpc) is 3.38. The van der Waals surface area contributed by atoms with Crippen molar-refractivity contribution in [2.45, 2.75) is 68.3 Å². The summed E-state index contributed by atoms with van der Waals surface area (Å²) >= 11 is 1.89. The number of rotatable bonds is 14. The zero-order valence-corrected chi connectivity index (χ0v) is 20.7. The molecule has 0 aromatic heterocycles. The Kier molecular flexibility index (Phi) is 10.2. The van der Waals surface area contributed by atoms with Crippen LogP contribution in [-0.4, -0.2) is 65.8 Å². The van der Waals surface area contributed by atoms with Crippen LogP contribution in [0.4, 0.5) is 10.5 Å². The van der Waals surface area contributed by atoms with Gasteiger partial charge in [-0.15, -0.1) is 0 Å². The van der Waals surface area contributed by atoms with E-state index >= 15 is 0 Å². The first-order valence-electron chi connectivity index (χ1n) is 12.2. The first kappa shape index (κ1) is 26.8. The van der Waals surface area contributed by atoms with E-state index in [1.165, 1.54) is 0 Å². The number of benzene rings is 1. The number of nitrogen functional groups attached to an aromatic ring is 1. The maximum atomic E-state index is 12.3. The number of nitrogens with two attached hydrogens (primary N) is 2. The highest BCUT2D eigenvalue weighted by Gasteiger charge is 2.42. The van der Waals surface area contributed by atoms with Gasteiger partial charge in [0, 0.05) is 48.2 Å². The molecule has 0 radical (unpaired) electrons. The third-order valence-electron chi connectivity index (χ3n) is 6.31. The molecule has 35 heavy (non-hydrogen) atoms. The summed E-state index contributed by atoms with van der Waals surface area (Å²) in [5, 5.41) is 12.0. The van der Waals surface area contributed by atoms with Gasteiger partial charge >= 0.3 is 6.03 Å². The van der Waals surface area contributed by atoms with Crippen LogP contribution in [0.25, 0.3) is 0 Å². The van der Waals surface area contributed by atoms with E-state index in [1.807, 2.05) is 11.8 Å². The Balaban J connectivity index is 1.18.